The van der Waals surface area contributed by atoms with Crippen molar-refractivity contribution in [3.63, 3.8) is 0 Å². The molecule has 0 atom stereocenters. The van der Waals surface area contributed by atoms with Crippen molar-refractivity contribution < 1.29 is 14.7 Å². The Bertz CT molecular complexity index is 776. The van der Waals surface area contributed by atoms with Crippen molar-refractivity contribution in [3.05, 3.63) is 47.3 Å². The van der Waals surface area contributed by atoms with Gasteiger partial charge in [-0.2, -0.15) is 5.10 Å². The smallest absolute Gasteiger partial charge is 0.311 e. The second-order valence-electron chi connectivity index (χ2n) is 6.44. The first-order valence-corrected chi connectivity index (χ1v) is 8.03. The number of carbonyl (C=O) groups excluding carboxylic acids is 1. The van der Waals surface area contributed by atoms with Gasteiger partial charge in [-0.1, -0.05) is 18.2 Å². The number of para-hydroxylation sites is 1. The largest absolute Gasteiger partial charge is 0.481 e. The number of aliphatic carboxylic acids is 1. The van der Waals surface area contributed by atoms with E-state index in [1.165, 1.54) is 0 Å². The lowest BCUT2D eigenvalue weighted by atomic mass is 10.1. The molecule has 0 spiro atoms. The van der Waals surface area contributed by atoms with Gasteiger partial charge in [0.05, 0.1) is 23.2 Å². The number of amides is 1. The molecule has 0 bridgehead atoms. The molecule has 1 amide bonds. The first-order chi connectivity index (χ1) is 11.4. The van der Waals surface area contributed by atoms with Gasteiger partial charge in [-0.05, 0) is 38.8 Å². The summed E-state index contributed by atoms with van der Waals surface area (Å²) < 4.78 is 1.83. The van der Waals surface area contributed by atoms with Gasteiger partial charge in [-0.3, -0.25) is 9.59 Å². The van der Waals surface area contributed by atoms with Crippen molar-refractivity contribution in [2.75, 3.05) is 6.54 Å². The van der Waals surface area contributed by atoms with Crippen molar-refractivity contribution in [2.24, 2.45) is 5.41 Å². The fourth-order valence-electron chi connectivity index (χ4n) is 2.86. The Kier molecular flexibility index (Phi) is 4.13. The Hall–Kier alpha value is -2.63. The average Bonchev–Trinajstić information content (AvgIpc) is 3.32. The van der Waals surface area contributed by atoms with E-state index in [1.807, 2.05) is 48.9 Å². The molecule has 2 N–H and O–H groups in total. The van der Waals surface area contributed by atoms with Crippen LogP contribution in [0.15, 0.2) is 30.3 Å². The van der Waals surface area contributed by atoms with Crippen LogP contribution in [0.4, 0.5) is 0 Å². The van der Waals surface area contributed by atoms with E-state index in [2.05, 4.69) is 10.4 Å². The molecular formula is C18H21N3O3. The predicted octanol–water partition coefficient (Wildman–Crippen LogP) is 2.01. The summed E-state index contributed by atoms with van der Waals surface area (Å²) in [6.45, 7) is 4.02. The average molecular weight is 327 g/mol. The zero-order chi connectivity index (χ0) is 17.3. The molecule has 6 nitrogen and oxygen atoms in total. The van der Waals surface area contributed by atoms with Crippen LogP contribution in [0.2, 0.25) is 0 Å². The normalized spacial score (nSPS) is 15.1. The number of carboxylic acid groups (broad SMARTS) is 1. The molecule has 1 aromatic heterocycles. The molecule has 0 radical (unpaired) electrons. The highest BCUT2D eigenvalue weighted by molar-refractivity contribution is 5.82. The Morgan fingerprint density at radius 2 is 1.92 bits per heavy atom. The predicted molar refractivity (Wildman–Crippen MR) is 89.1 cm³/mol. The van der Waals surface area contributed by atoms with E-state index in [0.29, 0.717) is 12.8 Å². The number of carboxylic acids is 1. The highest BCUT2D eigenvalue weighted by atomic mass is 16.4. The SMILES string of the molecule is Cc1nn(-c2ccccc2)c(C)c1CC(=O)NCC1(C(=O)O)CC1. The number of rotatable bonds is 6. The van der Waals surface area contributed by atoms with Crippen molar-refractivity contribution in [2.45, 2.75) is 33.1 Å². The summed E-state index contributed by atoms with van der Waals surface area (Å²) in [5, 5.41) is 16.4. The summed E-state index contributed by atoms with van der Waals surface area (Å²) in [6, 6.07) is 9.76. The van der Waals surface area contributed by atoms with E-state index < -0.39 is 11.4 Å². The minimum atomic E-state index is -0.827. The third kappa shape index (κ3) is 3.04. The minimum absolute atomic E-state index is 0.165. The van der Waals surface area contributed by atoms with E-state index in [4.69, 9.17) is 5.11 Å². The van der Waals surface area contributed by atoms with Crippen LogP contribution in [0, 0.1) is 19.3 Å². The second kappa shape index (κ2) is 6.11. The van der Waals surface area contributed by atoms with E-state index in [9.17, 15) is 9.59 Å². The zero-order valence-corrected chi connectivity index (χ0v) is 13.9. The molecule has 0 aliphatic heterocycles. The minimum Gasteiger partial charge on any atom is -0.481 e. The van der Waals surface area contributed by atoms with Crippen LogP contribution in [-0.4, -0.2) is 33.3 Å². The maximum absolute atomic E-state index is 12.2. The van der Waals surface area contributed by atoms with E-state index in [1.54, 1.807) is 0 Å². The zero-order valence-electron chi connectivity index (χ0n) is 13.9. The van der Waals surface area contributed by atoms with Gasteiger partial charge >= 0.3 is 5.97 Å². The molecule has 0 saturated heterocycles. The Morgan fingerprint density at radius 3 is 2.50 bits per heavy atom. The molecule has 1 aliphatic carbocycles. The number of nitrogens with one attached hydrogen (secondary N) is 1. The molecule has 1 saturated carbocycles. The molecule has 126 valence electrons. The summed E-state index contributed by atoms with van der Waals surface area (Å²) in [5.74, 6) is -0.992. The third-order valence-electron chi connectivity index (χ3n) is 4.71. The van der Waals surface area contributed by atoms with Crippen LogP contribution in [0.1, 0.15) is 29.8 Å². The quantitative estimate of drug-likeness (QED) is 0.850. The van der Waals surface area contributed by atoms with E-state index in [-0.39, 0.29) is 18.9 Å². The number of carbonyl (C=O) groups is 2. The molecule has 2 aromatic rings. The van der Waals surface area contributed by atoms with Gasteiger partial charge in [0.1, 0.15) is 0 Å². The van der Waals surface area contributed by atoms with Gasteiger partial charge in [-0.15, -0.1) is 0 Å². The molecule has 6 heteroatoms. The number of benzene rings is 1. The van der Waals surface area contributed by atoms with Gasteiger partial charge < -0.3 is 10.4 Å². The fraction of sp³-hybridized carbons (Fsp3) is 0.389. The van der Waals surface area contributed by atoms with Crippen molar-refractivity contribution >= 4 is 11.9 Å². The fourth-order valence-corrected chi connectivity index (χ4v) is 2.86. The summed E-state index contributed by atoms with van der Waals surface area (Å²) >= 11 is 0. The maximum atomic E-state index is 12.2. The Labute approximate surface area is 140 Å². The van der Waals surface area contributed by atoms with Gasteiger partial charge in [0, 0.05) is 17.8 Å². The number of aromatic nitrogens is 2. The van der Waals surface area contributed by atoms with Gasteiger partial charge in [-0.25, -0.2) is 4.68 Å². The Morgan fingerprint density at radius 1 is 1.25 bits per heavy atom. The standard InChI is InChI=1S/C18H21N3O3/c1-12-15(10-16(22)19-11-18(8-9-18)17(23)24)13(2)21(20-12)14-6-4-3-5-7-14/h3-7H,8-11H2,1-2H3,(H,19,22)(H,23,24). The van der Waals surface area contributed by atoms with Crippen LogP contribution in [0.25, 0.3) is 5.69 Å². The number of nitrogens with zero attached hydrogens (tertiary/aromatic N) is 2. The van der Waals surface area contributed by atoms with Crippen LogP contribution >= 0.6 is 0 Å². The molecular weight excluding hydrogens is 306 g/mol. The Balaban J connectivity index is 1.70. The monoisotopic (exact) mass is 327 g/mol. The third-order valence-corrected chi connectivity index (χ3v) is 4.71. The highest BCUT2D eigenvalue weighted by Crippen LogP contribution is 2.45. The van der Waals surface area contributed by atoms with Crippen LogP contribution in [0.3, 0.4) is 0 Å². The van der Waals surface area contributed by atoms with Crippen LogP contribution in [0.5, 0.6) is 0 Å². The number of hydrogen-bond donors (Lipinski definition) is 2. The first-order valence-electron chi connectivity index (χ1n) is 8.03. The lowest BCUT2D eigenvalue weighted by molar-refractivity contribution is -0.143. The topological polar surface area (TPSA) is 84.2 Å². The number of aryl methyl sites for hydroxylation is 1. The summed E-state index contributed by atoms with van der Waals surface area (Å²) in [5.41, 5.74) is 2.83. The molecule has 3 rings (SSSR count). The van der Waals surface area contributed by atoms with E-state index in [0.717, 1.165) is 22.6 Å². The van der Waals surface area contributed by atoms with Crippen molar-refractivity contribution in [1.82, 2.24) is 15.1 Å². The molecule has 1 aliphatic rings. The van der Waals surface area contributed by atoms with Gasteiger partial charge in [0.2, 0.25) is 5.91 Å². The lowest BCUT2D eigenvalue weighted by Gasteiger charge is -2.11. The second-order valence-corrected chi connectivity index (χ2v) is 6.44. The molecule has 1 heterocycles. The molecule has 1 fully saturated rings. The van der Waals surface area contributed by atoms with E-state index >= 15 is 0 Å². The summed E-state index contributed by atoms with van der Waals surface area (Å²) in [7, 11) is 0. The van der Waals surface area contributed by atoms with Gasteiger partial charge in [0.25, 0.3) is 0 Å². The lowest BCUT2D eigenvalue weighted by Crippen LogP contribution is -2.35. The highest BCUT2D eigenvalue weighted by Gasteiger charge is 2.50. The number of hydrogen-bond acceptors (Lipinski definition) is 3. The van der Waals surface area contributed by atoms with Crippen LogP contribution < -0.4 is 5.32 Å². The van der Waals surface area contributed by atoms with Gasteiger partial charge in [0.15, 0.2) is 0 Å². The molecule has 0 unspecified atom stereocenters. The van der Waals surface area contributed by atoms with Crippen molar-refractivity contribution in [3.8, 4) is 5.69 Å². The molecule has 1 aromatic carbocycles. The summed E-state index contributed by atoms with van der Waals surface area (Å²) in [6.07, 6.45) is 1.47. The van der Waals surface area contributed by atoms with Crippen LogP contribution in [-0.2, 0) is 16.0 Å². The first kappa shape index (κ1) is 16.2. The van der Waals surface area contributed by atoms with Crippen molar-refractivity contribution in [1.29, 1.82) is 0 Å². The molecule has 24 heavy (non-hydrogen) atoms. The summed E-state index contributed by atoms with van der Waals surface area (Å²) in [4.78, 5) is 23.4. The maximum Gasteiger partial charge on any atom is 0.311 e.